The largest absolute Gasteiger partial charge is 0.352 e. The van der Waals surface area contributed by atoms with Crippen LogP contribution in [0.4, 0.5) is 0 Å². The molecule has 0 aliphatic heterocycles. The SMILES string of the molecule is O=C(Cn1c(=O)n(S(=O)(=O)c2ccccc2)c2ccccc21)NC1CC1. The van der Waals surface area contributed by atoms with Gasteiger partial charge in [-0.3, -0.25) is 9.36 Å². The van der Waals surface area contributed by atoms with E-state index in [-0.39, 0.29) is 28.9 Å². The first-order chi connectivity index (χ1) is 12.5. The fraction of sp³-hybridized carbons (Fsp3) is 0.222. The molecule has 26 heavy (non-hydrogen) atoms. The number of fused-ring (bicyclic) bond motifs is 1. The van der Waals surface area contributed by atoms with Gasteiger partial charge in [-0.1, -0.05) is 30.3 Å². The van der Waals surface area contributed by atoms with Gasteiger partial charge in [-0.05, 0) is 37.1 Å². The van der Waals surface area contributed by atoms with E-state index in [2.05, 4.69) is 5.32 Å². The molecule has 1 N–H and O–H groups in total. The molecular formula is C18H17N3O4S. The molecule has 2 aromatic carbocycles. The maximum atomic E-state index is 13.0. The van der Waals surface area contributed by atoms with E-state index >= 15 is 0 Å². The number of carbonyl (C=O) groups excluding carboxylic acids is 1. The van der Waals surface area contributed by atoms with Crippen molar-refractivity contribution in [1.29, 1.82) is 0 Å². The van der Waals surface area contributed by atoms with Crippen LogP contribution in [0.2, 0.25) is 0 Å². The highest BCUT2D eigenvalue weighted by atomic mass is 32.2. The Balaban J connectivity index is 1.87. The molecule has 7 nitrogen and oxygen atoms in total. The zero-order valence-corrected chi connectivity index (χ0v) is 14.6. The van der Waals surface area contributed by atoms with Gasteiger partial charge in [-0.25, -0.2) is 13.2 Å². The van der Waals surface area contributed by atoms with Crippen molar-refractivity contribution < 1.29 is 13.2 Å². The Labute approximate surface area is 149 Å². The number of imidazole rings is 1. The highest BCUT2D eigenvalue weighted by molar-refractivity contribution is 7.90. The summed E-state index contributed by atoms with van der Waals surface area (Å²) in [5.74, 6) is -0.297. The molecule has 0 atom stereocenters. The lowest BCUT2D eigenvalue weighted by atomic mass is 10.3. The van der Waals surface area contributed by atoms with Crippen LogP contribution in [0.1, 0.15) is 12.8 Å². The van der Waals surface area contributed by atoms with Gasteiger partial charge in [0.1, 0.15) is 6.54 Å². The Kier molecular flexibility index (Phi) is 3.91. The maximum Gasteiger partial charge on any atom is 0.343 e. The van der Waals surface area contributed by atoms with Crippen LogP contribution in [0.5, 0.6) is 0 Å². The molecule has 8 heteroatoms. The number of para-hydroxylation sites is 2. The van der Waals surface area contributed by atoms with Gasteiger partial charge in [-0.15, -0.1) is 0 Å². The Morgan fingerprint density at radius 2 is 1.62 bits per heavy atom. The fourth-order valence-corrected chi connectivity index (χ4v) is 4.34. The van der Waals surface area contributed by atoms with Crippen LogP contribution in [0.25, 0.3) is 11.0 Å². The van der Waals surface area contributed by atoms with Crippen molar-refractivity contribution in [3.8, 4) is 0 Å². The van der Waals surface area contributed by atoms with Gasteiger partial charge < -0.3 is 5.32 Å². The number of nitrogens with zero attached hydrogens (tertiary/aromatic N) is 2. The number of nitrogens with one attached hydrogen (secondary N) is 1. The monoisotopic (exact) mass is 371 g/mol. The van der Waals surface area contributed by atoms with Gasteiger partial charge >= 0.3 is 5.69 Å². The normalized spacial score (nSPS) is 14.5. The van der Waals surface area contributed by atoms with Gasteiger partial charge in [-0.2, -0.15) is 3.97 Å². The summed E-state index contributed by atoms with van der Waals surface area (Å²) < 4.78 is 28.0. The molecule has 0 bridgehead atoms. The Bertz CT molecular complexity index is 1140. The molecule has 0 unspecified atom stereocenters. The number of aromatic nitrogens is 2. The average molecular weight is 371 g/mol. The molecule has 1 saturated carbocycles. The summed E-state index contributed by atoms with van der Waals surface area (Å²) in [6.07, 6.45) is 1.87. The lowest BCUT2D eigenvalue weighted by molar-refractivity contribution is -0.121. The number of rotatable bonds is 5. The van der Waals surface area contributed by atoms with Crippen molar-refractivity contribution >= 4 is 27.0 Å². The smallest absolute Gasteiger partial charge is 0.343 e. The first-order valence-corrected chi connectivity index (χ1v) is 9.73. The van der Waals surface area contributed by atoms with Crippen LogP contribution in [-0.2, 0) is 21.4 Å². The van der Waals surface area contributed by atoms with E-state index in [1.54, 1.807) is 42.5 Å². The van der Waals surface area contributed by atoms with Crippen molar-refractivity contribution in [2.24, 2.45) is 0 Å². The molecule has 1 fully saturated rings. The Morgan fingerprint density at radius 3 is 2.27 bits per heavy atom. The van der Waals surface area contributed by atoms with Crippen LogP contribution in [0, 0.1) is 0 Å². The lowest BCUT2D eigenvalue weighted by Gasteiger charge is -2.05. The van der Waals surface area contributed by atoms with E-state index in [1.807, 2.05) is 0 Å². The third-order valence-electron chi connectivity index (χ3n) is 4.32. The van der Waals surface area contributed by atoms with Crippen molar-refractivity contribution in [3.05, 3.63) is 65.1 Å². The van der Waals surface area contributed by atoms with Crippen molar-refractivity contribution in [1.82, 2.24) is 13.9 Å². The minimum atomic E-state index is -4.07. The predicted octanol–water partition coefficient (Wildman–Crippen LogP) is 1.32. The minimum Gasteiger partial charge on any atom is -0.352 e. The summed E-state index contributed by atoms with van der Waals surface area (Å²) in [5.41, 5.74) is -0.0930. The molecule has 0 radical (unpaired) electrons. The van der Waals surface area contributed by atoms with Crippen LogP contribution < -0.4 is 11.0 Å². The van der Waals surface area contributed by atoms with E-state index in [1.165, 1.54) is 16.7 Å². The zero-order valence-electron chi connectivity index (χ0n) is 13.8. The summed E-state index contributed by atoms with van der Waals surface area (Å²) in [4.78, 5) is 25.1. The average Bonchev–Trinajstić information content (AvgIpc) is 3.40. The topological polar surface area (TPSA) is 90.2 Å². The maximum absolute atomic E-state index is 13.0. The Hall–Kier alpha value is -2.87. The van der Waals surface area contributed by atoms with Gasteiger partial charge in [0.2, 0.25) is 5.91 Å². The predicted molar refractivity (Wildman–Crippen MR) is 96.4 cm³/mol. The molecule has 3 aromatic rings. The summed E-state index contributed by atoms with van der Waals surface area (Å²) >= 11 is 0. The third-order valence-corrected chi connectivity index (χ3v) is 6.02. The fourth-order valence-electron chi connectivity index (χ4n) is 2.91. The standard InChI is InChI=1S/C18H17N3O4S/c22-17(19-13-10-11-13)12-20-15-8-4-5-9-16(15)21(18(20)23)26(24,25)14-6-2-1-3-7-14/h1-9,13H,10-12H2,(H,19,22). The molecule has 1 aromatic heterocycles. The first-order valence-electron chi connectivity index (χ1n) is 8.29. The van der Waals surface area contributed by atoms with Crippen molar-refractivity contribution in [3.63, 3.8) is 0 Å². The van der Waals surface area contributed by atoms with Crippen molar-refractivity contribution in [2.45, 2.75) is 30.3 Å². The quantitative estimate of drug-likeness (QED) is 0.732. The molecule has 134 valence electrons. The number of carbonyl (C=O) groups is 1. The molecule has 1 amide bonds. The highest BCUT2D eigenvalue weighted by Gasteiger charge is 2.27. The number of hydrogen-bond acceptors (Lipinski definition) is 4. The van der Waals surface area contributed by atoms with E-state index in [4.69, 9.17) is 0 Å². The highest BCUT2D eigenvalue weighted by Crippen LogP contribution is 2.20. The zero-order chi connectivity index (χ0) is 18.3. The molecule has 0 spiro atoms. The molecule has 1 aliphatic carbocycles. The van der Waals surface area contributed by atoms with Gasteiger partial charge in [0.25, 0.3) is 10.0 Å². The molecule has 0 saturated heterocycles. The second-order valence-electron chi connectivity index (χ2n) is 6.28. The first kappa shape index (κ1) is 16.6. The minimum absolute atomic E-state index is 0.0208. The summed E-state index contributed by atoms with van der Waals surface area (Å²) in [6.45, 7) is -0.215. The van der Waals surface area contributed by atoms with Crippen molar-refractivity contribution in [2.75, 3.05) is 0 Å². The number of hydrogen-bond donors (Lipinski definition) is 1. The van der Waals surface area contributed by atoms with Crippen LogP contribution in [-0.4, -0.2) is 28.9 Å². The van der Waals surface area contributed by atoms with E-state index < -0.39 is 15.7 Å². The van der Waals surface area contributed by atoms with Gasteiger partial charge in [0, 0.05) is 6.04 Å². The molecule has 1 heterocycles. The van der Waals surface area contributed by atoms with Crippen LogP contribution >= 0.6 is 0 Å². The van der Waals surface area contributed by atoms with Gasteiger partial charge in [0.15, 0.2) is 0 Å². The molecule has 1 aliphatic rings. The number of amides is 1. The molecule has 4 rings (SSSR count). The lowest BCUT2D eigenvalue weighted by Crippen LogP contribution is -2.35. The Morgan fingerprint density at radius 1 is 1.00 bits per heavy atom. The van der Waals surface area contributed by atoms with Crippen LogP contribution in [0.15, 0.2) is 64.3 Å². The number of benzene rings is 2. The van der Waals surface area contributed by atoms with Crippen LogP contribution in [0.3, 0.4) is 0 Å². The second-order valence-corrected chi connectivity index (χ2v) is 8.07. The third kappa shape index (κ3) is 2.82. The molecular weight excluding hydrogens is 354 g/mol. The van der Waals surface area contributed by atoms with E-state index in [0.29, 0.717) is 5.52 Å². The van der Waals surface area contributed by atoms with E-state index in [0.717, 1.165) is 16.8 Å². The second kappa shape index (κ2) is 6.14. The van der Waals surface area contributed by atoms with E-state index in [9.17, 15) is 18.0 Å². The summed E-state index contributed by atoms with van der Waals surface area (Å²) in [6, 6.07) is 14.5. The van der Waals surface area contributed by atoms with Gasteiger partial charge in [0.05, 0.1) is 15.9 Å². The summed E-state index contributed by atoms with van der Waals surface area (Å²) in [7, 11) is -4.07. The summed E-state index contributed by atoms with van der Waals surface area (Å²) in [5, 5.41) is 2.82.